The van der Waals surface area contributed by atoms with Gasteiger partial charge in [-0.3, -0.25) is 4.90 Å². The molecule has 2 heterocycles. The SMILES string of the molecule is COc1ccc(-c2ncc(CN3CCCC(CO)(Cc4ccccc4F)C3)cn2)cc1. The van der Waals surface area contributed by atoms with E-state index in [0.29, 0.717) is 24.4 Å². The zero-order valence-corrected chi connectivity index (χ0v) is 17.8. The summed E-state index contributed by atoms with van der Waals surface area (Å²) in [5, 5.41) is 10.2. The molecule has 1 aromatic heterocycles. The Bertz CT molecular complexity index is 994. The van der Waals surface area contributed by atoms with Gasteiger partial charge in [-0.1, -0.05) is 18.2 Å². The zero-order chi connectivity index (χ0) is 21.7. The van der Waals surface area contributed by atoms with Gasteiger partial charge in [0.2, 0.25) is 0 Å². The molecule has 4 rings (SSSR count). The minimum absolute atomic E-state index is 0.0464. The van der Waals surface area contributed by atoms with Crippen molar-refractivity contribution in [1.82, 2.24) is 14.9 Å². The highest BCUT2D eigenvalue weighted by Gasteiger charge is 2.35. The Morgan fingerprint density at radius 3 is 2.52 bits per heavy atom. The van der Waals surface area contributed by atoms with E-state index in [4.69, 9.17) is 4.74 Å². The highest BCUT2D eigenvalue weighted by molar-refractivity contribution is 5.55. The summed E-state index contributed by atoms with van der Waals surface area (Å²) in [6.07, 6.45) is 6.12. The van der Waals surface area contributed by atoms with Crippen molar-refractivity contribution in [3.05, 3.63) is 77.9 Å². The van der Waals surface area contributed by atoms with Crippen LogP contribution in [0.1, 0.15) is 24.0 Å². The van der Waals surface area contributed by atoms with Gasteiger partial charge >= 0.3 is 0 Å². The number of hydrogen-bond acceptors (Lipinski definition) is 5. The van der Waals surface area contributed by atoms with Crippen LogP contribution in [0.3, 0.4) is 0 Å². The van der Waals surface area contributed by atoms with Crippen molar-refractivity contribution < 1.29 is 14.2 Å². The highest BCUT2D eigenvalue weighted by atomic mass is 19.1. The molecule has 1 aliphatic rings. The Hall–Kier alpha value is -2.83. The van der Waals surface area contributed by atoms with E-state index in [1.807, 2.05) is 48.8 Å². The van der Waals surface area contributed by atoms with Crippen LogP contribution in [0.4, 0.5) is 4.39 Å². The van der Waals surface area contributed by atoms with Gasteiger partial charge in [0.05, 0.1) is 13.7 Å². The molecule has 0 radical (unpaired) electrons. The predicted molar refractivity (Wildman–Crippen MR) is 118 cm³/mol. The molecule has 1 fully saturated rings. The average molecular weight is 422 g/mol. The maximum atomic E-state index is 14.2. The Morgan fingerprint density at radius 1 is 1.10 bits per heavy atom. The van der Waals surface area contributed by atoms with Crippen molar-refractivity contribution in [2.45, 2.75) is 25.8 Å². The molecular formula is C25H28FN3O2. The molecular weight excluding hydrogens is 393 g/mol. The van der Waals surface area contributed by atoms with Gasteiger partial charge < -0.3 is 9.84 Å². The van der Waals surface area contributed by atoms with E-state index in [9.17, 15) is 9.50 Å². The zero-order valence-electron chi connectivity index (χ0n) is 17.8. The number of methoxy groups -OCH3 is 1. The van der Waals surface area contributed by atoms with Crippen LogP contribution >= 0.6 is 0 Å². The fraction of sp³-hybridized carbons (Fsp3) is 0.360. The number of halogens is 1. The number of benzene rings is 2. The molecule has 0 aliphatic carbocycles. The van der Waals surface area contributed by atoms with Gasteiger partial charge in [0.1, 0.15) is 11.6 Å². The standard InChI is InChI=1S/C25H28FN3O2/c1-31-22-9-7-20(8-10-22)24-27-14-19(15-28-24)16-29-12-4-11-25(17-29,18-30)13-21-5-2-3-6-23(21)26/h2-3,5-10,14-15,30H,4,11-13,16-18H2,1H3. The highest BCUT2D eigenvalue weighted by Crippen LogP contribution is 2.34. The van der Waals surface area contributed by atoms with Crippen LogP contribution in [0.2, 0.25) is 0 Å². The fourth-order valence-electron chi connectivity index (χ4n) is 4.40. The third kappa shape index (κ3) is 5.09. The molecule has 1 atom stereocenters. The topological polar surface area (TPSA) is 58.5 Å². The first kappa shape index (κ1) is 21.4. The van der Waals surface area contributed by atoms with Crippen molar-refractivity contribution in [3.63, 3.8) is 0 Å². The maximum Gasteiger partial charge on any atom is 0.159 e. The molecule has 0 amide bonds. The largest absolute Gasteiger partial charge is 0.497 e. The molecule has 0 spiro atoms. The number of piperidine rings is 1. The summed E-state index contributed by atoms with van der Waals surface area (Å²) in [4.78, 5) is 11.4. The van der Waals surface area contributed by atoms with E-state index in [1.54, 1.807) is 13.2 Å². The monoisotopic (exact) mass is 421 g/mol. The first-order valence-corrected chi connectivity index (χ1v) is 10.6. The van der Waals surface area contributed by atoms with E-state index >= 15 is 0 Å². The summed E-state index contributed by atoms with van der Waals surface area (Å²) >= 11 is 0. The molecule has 5 nitrogen and oxygen atoms in total. The van der Waals surface area contributed by atoms with E-state index in [1.165, 1.54) is 6.07 Å². The predicted octanol–water partition coefficient (Wildman–Crippen LogP) is 4.11. The number of aliphatic hydroxyl groups excluding tert-OH is 1. The van der Waals surface area contributed by atoms with Crippen LogP contribution in [0.15, 0.2) is 60.9 Å². The fourth-order valence-corrected chi connectivity index (χ4v) is 4.40. The van der Waals surface area contributed by atoms with Crippen LogP contribution in [0.5, 0.6) is 5.75 Å². The lowest BCUT2D eigenvalue weighted by Gasteiger charge is -2.42. The lowest BCUT2D eigenvalue weighted by Crippen LogP contribution is -2.46. The minimum Gasteiger partial charge on any atom is -0.497 e. The molecule has 1 unspecified atom stereocenters. The van der Waals surface area contributed by atoms with Gasteiger partial charge in [-0.15, -0.1) is 0 Å². The lowest BCUT2D eigenvalue weighted by molar-refractivity contribution is 0.0282. The summed E-state index contributed by atoms with van der Waals surface area (Å²) in [5.41, 5.74) is 2.31. The summed E-state index contributed by atoms with van der Waals surface area (Å²) in [6, 6.07) is 14.5. The van der Waals surface area contributed by atoms with Crippen molar-refractivity contribution in [2.75, 3.05) is 26.8 Å². The molecule has 162 valence electrons. The van der Waals surface area contributed by atoms with Crippen molar-refractivity contribution in [1.29, 1.82) is 0 Å². The smallest absolute Gasteiger partial charge is 0.159 e. The second kappa shape index (κ2) is 9.54. The average Bonchev–Trinajstić information content (AvgIpc) is 2.81. The number of nitrogens with zero attached hydrogens (tertiary/aromatic N) is 3. The molecule has 0 bridgehead atoms. The number of rotatable bonds is 7. The molecule has 1 saturated heterocycles. The summed E-state index contributed by atoms with van der Waals surface area (Å²) < 4.78 is 19.4. The number of aliphatic hydroxyl groups is 1. The van der Waals surface area contributed by atoms with Gasteiger partial charge in [0.15, 0.2) is 5.82 Å². The third-order valence-corrected chi connectivity index (χ3v) is 6.06. The van der Waals surface area contributed by atoms with Gasteiger partial charge in [-0.05, 0) is 61.7 Å². The third-order valence-electron chi connectivity index (χ3n) is 6.06. The van der Waals surface area contributed by atoms with Gasteiger partial charge in [0, 0.05) is 42.0 Å². The Morgan fingerprint density at radius 2 is 1.84 bits per heavy atom. The van der Waals surface area contributed by atoms with E-state index in [0.717, 1.165) is 42.8 Å². The second-order valence-electron chi connectivity index (χ2n) is 8.38. The van der Waals surface area contributed by atoms with Crippen LogP contribution in [-0.4, -0.2) is 46.8 Å². The maximum absolute atomic E-state index is 14.2. The number of likely N-dealkylation sites (tertiary alicyclic amines) is 1. The second-order valence-corrected chi connectivity index (χ2v) is 8.38. The molecule has 31 heavy (non-hydrogen) atoms. The van der Waals surface area contributed by atoms with Crippen LogP contribution in [0, 0.1) is 11.2 Å². The first-order valence-electron chi connectivity index (χ1n) is 10.6. The number of ether oxygens (including phenoxy) is 1. The summed E-state index contributed by atoms with van der Waals surface area (Å²) in [6.45, 7) is 2.42. The van der Waals surface area contributed by atoms with Gasteiger partial charge in [-0.2, -0.15) is 0 Å². The quantitative estimate of drug-likeness (QED) is 0.622. The van der Waals surface area contributed by atoms with E-state index in [2.05, 4.69) is 14.9 Å². The van der Waals surface area contributed by atoms with Crippen LogP contribution < -0.4 is 4.74 Å². The summed E-state index contributed by atoms with van der Waals surface area (Å²) in [5.74, 6) is 1.28. The van der Waals surface area contributed by atoms with E-state index < -0.39 is 0 Å². The first-order chi connectivity index (χ1) is 15.1. The number of hydrogen-bond donors (Lipinski definition) is 1. The Labute approximate surface area is 182 Å². The minimum atomic E-state index is -0.329. The van der Waals surface area contributed by atoms with Crippen molar-refractivity contribution in [3.8, 4) is 17.1 Å². The molecule has 6 heteroatoms. The molecule has 2 aromatic carbocycles. The van der Waals surface area contributed by atoms with E-state index in [-0.39, 0.29) is 17.8 Å². The van der Waals surface area contributed by atoms with Crippen LogP contribution in [-0.2, 0) is 13.0 Å². The molecule has 0 saturated carbocycles. The molecule has 1 aliphatic heterocycles. The van der Waals surface area contributed by atoms with Crippen molar-refractivity contribution >= 4 is 0 Å². The van der Waals surface area contributed by atoms with Crippen molar-refractivity contribution in [2.24, 2.45) is 5.41 Å². The van der Waals surface area contributed by atoms with Gasteiger partial charge in [0.25, 0.3) is 0 Å². The van der Waals surface area contributed by atoms with Crippen LogP contribution in [0.25, 0.3) is 11.4 Å². The molecule has 1 N–H and O–H groups in total. The number of aromatic nitrogens is 2. The lowest BCUT2D eigenvalue weighted by atomic mass is 9.75. The summed E-state index contributed by atoms with van der Waals surface area (Å²) in [7, 11) is 1.64. The Balaban J connectivity index is 1.43. The van der Waals surface area contributed by atoms with Gasteiger partial charge in [-0.25, -0.2) is 14.4 Å². The normalized spacial score (nSPS) is 19.3. The molecule has 3 aromatic rings. The Kier molecular flexibility index (Phi) is 6.59.